The fourth-order valence-electron chi connectivity index (χ4n) is 3.21. The second kappa shape index (κ2) is 4.66. The molecule has 6 nitrogen and oxygen atoms in total. The van der Waals surface area contributed by atoms with Crippen LogP contribution in [-0.2, 0) is 28.4 Å². The Hall–Kier alpha value is -0.680. The molecule has 118 valence electrons. The summed E-state index contributed by atoms with van der Waals surface area (Å²) in [6.45, 7) is 7.72. The molecule has 3 saturated heterocycles. The van der Waals surface area contributed by atoms with Crippen molar-refractivity contribution in [2.24, 2.45) is 0 Å². The van der Waals surface area contributed by atoms with Crippen LogP contribution in [0.5, 0.6) is 0 Å². The van der Waals surface area contributed by atoms with Crippen LogP contribution in [0.2, 0.25) is 0 Å². The SMILES string of the molecule is C#C[C@@]1(OC)[C@@H]([C@H]2COC(C)(C)O2)O[C@@H]2OC(C)(C)O[C@@H]21. The van der Waals surface area contributed by atoms with Crippen LogP contribution in [0.4, 0.5) is 0 Å². The molecule has 0 aliphatic carbocycles. The number of methoxy groups -OCH3 is 1. The number of rotatable bonds is 2. The first-order valence-electron chi connectivity index (χ1n) is 7.09. The Kier molecular flexibility index (Phi) is 3.38. The third kappa shape index (κ3) is 2.29. The normalized spacial score (nSPS) is 47.2. The standard InChI is InChI=1S/C15H22O6/c1-7-15(16-6)10(9-8-17-13(2,3)19-9)18-12-11(15)20-14(4,5)21-12/h1,9-12H,8H2,2-6H3/t9-,10-,11+,12-,15-/m1/s1. The van der Waals surface area contributed by atoms with Crippen LogP contribution in [0.15, 0.2) is 0 Å². The van der Waals surface area contributed by atoms with Crippen molar-refractivity contribution < 1.29 is 28.4 Å². The van der Waals surface area contributed by atoms with Crippen LogP contribution in [0.3, 0.4) is 0 Å². The molecular weight excluding hydrogens is 276 g/mol. The molecule has 3 heterocycles. The van der Waals surface area contributed by atoms with Crippen molar-refractivity contribution in [2.45, 2.75) is 69.5 Å². The third-order valence-corrected chi connectivity index (χ3v) is 4.12. The van der Waals surface area contributed by atoms with E-state index in [1.165, 1.54) is 0 Å². The number of ether oxygens (including phenoxy) is 6. The minimum atomic E-state index is -1.06. The van der Waals surface area contributed by atoms with Gasteiger partial charge in [-0.2, -0.15) is 0 Å². The molecule has 0 saturated carbocycles. The summed E-state index contributed by atoms with van der Waals surface area (Å²) < 4.78 is 34.8. The molecule has 3 fully saturated rings. The van der Waals surface area contributed by atoms with E-state index in [1.54, 1.807) is 7.11 Å². The lowest BCUT2D eigenvalue weighted by atomic mass is 9.90. The van der Waals surface area contributed by atoms with Crippen molar-refractivity contribution in [2.75, 3.05) is 13.7 Å². The van der Waals surface area contributed by atoms with Crippen molar-refractivity contribution in [3.8, 4) is 12.3 Å². The Bertz CT molecular complexity index is 467. The maximum Gasteiger partial charge on any atom is 0.191 e. The highest BCUT2D eigenvalue weighted by Crippen LogP contribution is 2.47. The second-order valence-electron chi connectivity index (χ2n) is 6.49. The van der Waals surface area contributed by atoms with Crippen molar-refractivity contribution in [1.29, 1.82) is 0 Å². The highest BCUT2D eigenvalue weighted by molar-refractivity contribution is 5.24. The minimum absolute atomic E-state index is 0.336. The highest BCUT2D eigenvalue weighted by atomic mass is 16.9. The molecule has 0 aromatic rings. The largest absolute Gasteiger partial charge is 0.360 e. The summed E-state index contributed by atoms with van der Waals surface area (Å²) in [4.78, 5) is 0. The number of hydrogen-bond donors (Lipinski definition) is 0. The summed E-state index contributed by atoms with van der Waals surface area (Å²) in [7, 11) is 1.55. The second-order valence-corrected chi connectivity index (χ2v) is 6.49. The van der Waals surface area contributed by atoms with E-state index in [2.05, 4.69) is 5.92 Å². The molecule has 0 aromatic heterocycles. The fraction of sp³-hybridized carbons (Fsp3) is 0.867. The molecule has 3 rings (SSSR count). The lowest BCUT2D eigenvalue weighted by Crippen LogP contribution is -2.54. The molecule has 21 heavy (non-hydrogen) atoms. The summed E-state index contributed by atoms with van der Waals surface area (Å²) in [5.74, 6) is 1.28. The Labute approximate surface area is 125 Å². The molecule has 0 bridgehead atoms. The van der Waals surface area contributed by atoms with Gasteiger partial charge >= 0.3 is 0 Å². The van der Waals surface area contributed by atoms with Gasteiger partial charge in [0, 0.05) is 7.11 Å². The van der Waals surface area contributed by atoms with Gasteiger partial charge < -0.3 is 28.4 Å². The van der Waals surface area contributed by atoms with E-state index in [0.717, 1.165) is 0 Å². The maximum atomic E-state index is 5.98. The summed E-state index contributed by atoms with van der Waals surface area (Å²) in [5.41, 5.74) is -1.06. The monoisotopic (exact) mass is 298 g/mol. The average molecular weight is 298 g/mol. The third-order valence-electron chi connectivity index (χ3n) is 4.12. The Balaban J connectivity index is 1.88. The van der Waals surface area contributed by atoms with Crippen molar-refractivity contribution in [3.05, 3.63) is 0 Å². The van der Waals surface area contributed by atoms with Crippen molar-refractivity contribution >= 4 is 0 Å². The summed E-state index contributed by atoms with van der Waals surface area (Å²) in [6.07, 6.45) is 3.84. The van der Waals surface area contributed by atoms with Crippen LogP contribution in [0.25, 0.3) is 0 Å². The van der Waals surface area contributed by atoms with Crippen molar-refractivity contribution in [3.63, 3.8) is 0 Å². The van der Waals surface area contributed by atoms with Crippen LogP contribution in [0.1, 0.15) is 27.7 Å². The zero-order valence-corrected chi connectivity index (χ0v) is 13.0. The van der Waals surface area contributed by atoms with Gasteiger partial charge in [0.25, 0.3) is 0 Å². The Morgan fingerprint density at radius 2 is 1.76 bits per heavy atom. The molecular formula is C15H22O6. The Morgan fingerprint density at radius 3 is 2.29 bits per heavy atom. The molecule has 6 heteroatoms. The van der Waals surface area contributed by atoms with Gasteiger partial charge in [0.2, 0.25) is 0 Å². The number of fused-ring (bicyclic) bond motifs is 1. The first-order chi connectivity index (χ1) is 9.73. The Morgan fingerprint density at radius 1 is 1.05 bits per heavy atom. The molecule has 0 spiro atoms. The van der Waals surface area contributed by atoms with E-state index in [1.807, 2.05) is 27.7 Å². The van der Waals surface area contributed by atoms with Gasteiger partial charge in [-0.15, -0.1) is 6.42 Å². The van der Waals surface area contributed by atoms with E-state index >= 15 is 0 Å². The lowest BCUT2D eigenvalue weighted by molar-refractivity contribution is -0.243. The van der Waals surface area contributed by atoms with Gasteiger partial charge in [-0.1, -0.05) is 5.92 Å². The molecule has 0 radical (unpaired) electrons. The quantitative estimate of drug-likeness (QED) is 0.710. The minimum Gasteiger partial charge on any atom is -0.360 e. The zero-order valence-electron chi connectivity index (χ0n) is 13.0. The van der Waals surface area contributed by atoms with Gasteiger partial charge in [0.15, 0.2) is 29.6 Å². The predicted molar refractivity (Wildman–Crippen MR) is 72.2 cm³/mol. The lowest BCUT2D eigenvalue weighted by Gasteiger charge is -2.35. The van der Waals surface area contributed by atoms with E-state index in [0.29, 0.717) is 6.61 Å². The van der Waals surface area contributed by atoms with Gasteiger partial charge in [-0.25, -0.2) is 0 Å². The van der Waals surface area contributed by atoms with Crippen LogP contribution in [-0.4, -0.2) is 55.5 Å². The highest BCUT2D eigenvalue weighted by Gasteiger charge is 2.66. The summed E-state index contributed by atoms with van der Waals surface area (Å²) >= 11 is 0. The van der Waals surface area contributed by atoms with Gasteiger partial charge in [0.05, 0.1) is 6.61 Å². The van der Waals surface area contributed by atoms with Crippen LogP contribution < -0.4 is 0 Å². The molecule has 5 atom stereocenters. The van der Waals surface area contributed by atoms with Crippen LogP contribution >= 0.6 is 0 Å². The average Bonchev–Trinajstić information content (AvgIpc) is 2.98. The van der Waals surface area contributed by atoms with E-state index in [9.17, 15) is 0 Å². The summed E-state index contributed by atoms with van der Waals surface area (Å²) in [6, 6.07) is 0. The van der Waals surface area contributed by atoms with Crippen LogP contribution in [0, 0.1) is 12.3 Å². The number of terminal acetylenes is 1. The van der Waals surface area contributed by atoms with Gasteiger partial charge in [-0.3, -0.25) is 0 Å². The zero-order chi connectivity index (χ0) is 15.5. The topological polar surface area (TPSA) is 55.4 Å². The molecule has 0 amide bonds. The van der Waals surface area contributed by atoms with E-state index in [4.69, 9.17) is 34.8 Å². The van der Waals surface area contributed by atoms with Gasteiger partial charge in [0.1, 0.15) is 12.2 Å². The van der Waals surface area contributed by atoms with E-state index < -0.39 is 35.7 Å². The smallest absolute Gasteiger partial charge is 0.191 e. The first-order valence-corrected chi connectivity index (χ1v) is 7.09. The fourth-order valence-corrected chi connectivity index (χ4v) is 3.21. The van der Waals surface area contributed by atoms with Crippen molar-refractivity contribution in [1.82, 2.24) is 0 Å². The molecule has 0 aromatic carbocycles. The molecule has 0 unspecified atom stereocenters. The molecule has 0 N–H and O–H groups in total. The molecule has 3 aliphatic heterocycles. The van der Waals surface area contributed by atoms with E-state index in [-0.39, 0.29) is 6.10 Å². The summed E-state index contributed by atoms with van der Waals surface area (Å²) in [5, 5.41) is 0. The predicted octanol–water partition coefficient (Wildman–Crippen LogP) is 1.03. The molecule has 3 aliphatic rings. The number of hydrogen-bond acceptors (Lipinski definition) is 6. The van der Waals surface area contributed by atoms with Gasteiger partial charge in [-0.05, 0) is 27.7 Å². The maximum absolute atomic E-state index is 5.98. The first kappa shape index (κ1) is 15.2.